The summed E-state index contributed by atoms with van der Waals surface area (Å²) in [6.07, 6.45) is 3.02. The van der Waals surface area contributed by atoms with Gasteiger partial charge in [-0.2, -0.15) is 0 Å². The third-order valence-electron chi connectivity index (χ3n) is 5.10. The van der Waals surface area contributed by atoms with Crippen LogP contribution < -0.4 is 5.32 Å². The van der Waals surface area contributed by atoms with Crippen LogP contribution in [0.4, 0.5) is 5.82 Å². The average molecular weight is 369 g/mol. The molecule has 1 saturated heterocycles. The number of fused-ring (bicyclic) bond motifs is 1. The molecular weight excluding hydrogens is 350 g/mol. The lowest BCUT2D eigenvalue weighted by atomic mass is 10.1. The molecule has 0 unspecified atom stereocenters. The van der Waals surface area contributed by atoms with Crippen LogP contribution in [0, 0.1) is 0 Å². The first kappa shape index (κ1) is 16.0. The van der Waals surface area contributed by atoms with Crippen molar-refractivity contribution in [3.63, 3.8) is 0 Å². The maximum absolute atomic E-state index is 10.2. The Bertz CT molecular complexity index is 934. The van der Waals surface area contributed by atoms with Crippen LogP contribution >= 0.6 is 11.8 Å². The van der Waals surface area contributed by atoms with Crippen LogP contribution in [0.5, 0.6) is 0 Å². The fourth-order valence-electron chi connectivity index (χ4n) is 3.57. The first-order chi connectivity index (χ1) is 12.7. The van der Waals surface area contributed by atoms with Crippen LogP contribution in [0.3, 0.4) is 0 Å². The molecule has 3 N–H and O–H groups in total. The molecule has 134 valence electrons. The molecule has 7 nitrogen and oxygen atoms in total. The average Bonchev–Trinajstić information content (AvgIpc) is 3.18. The lowest BCUT2D eigenvalue weighted by Crippen LogP contribution is -2.25. The number of hydrogen-bond acceptors (Lipinski definition) is 7. The summed E-state index contributed by atoms with van der Waals surface area (Å²) in [5, 5.41) is 31.7. The van der Waals surface area contributed by atoms with Crippen molar-refractivity contribution in [2.24, 2.45) is 0 Å². The van der Waals surface area contributed by atoms with E-state index in [4.69, 9.17) is 0 Å². The number of nitrogens with one attached hydrogen (secondary N) is 1. The Morgan fingerprint density at radius 1 is 1.15 bits per heavy atom. The van der Waals surface area contributed by atoms with Gasteiger partial charge in [0.15, 0.2) is 11.6 Å². The molecule has 1 aliphatic carbocycles. The summed E-state index contributed by atoms with van der Waals surface area (Å²) >= 11 is 1.50. The van der Waals surface area contributed by atoms with E-state index in [9.17, 15) is 10.2 Å². The predicted octanol–water partition coefficient (Wildman–Crippen LogP) is 1.60. The summed E-state index contributed by atoms with van der Waals surface area (Å²) in [6, 6.07) is 10.8. The number of aliphatic hydroxyl groups excluding tert-OH is 2. The molecule has 26 heavy (non-hydrogen) atoms. The van der Waals surface area contributed by atoms with Gasteiger partial charge in [-0.05, 0) is 12.0 Å². The van der Waals surface area contributed by atoms with Gasteiger partial charge in [0.2, 0.25) is 5.65 Å². The van der Waals surface area contributed by atoms with Crippen LogP contribution in [0.1, 0.15) is 29.0 Å². The highest BCUT2D eigenvalue weighted by molar-refractivity contribution is 7.99. The lowest BCUT2D eigenvalue weighted by molar-refractivity contribution is 0.0404. The molecule has 8 heteroatoms. The Labute approximate surface area is 154 Å². The number of thioether (sulfide) groups is 1. The zero-order valence-electron chi connectivity index (χ0n) is 13.9. The first-order valence-corrected chi connectivity index (χ1v) is 9.76. The molecule has 5 rings (SSSR count). The zero-order chi connectivity index (χ0) is 17.7. The van der Waals surface area contributed by atoms with Gasteiger partial charge in [-0.25, -0.2) is 4.98 Å². The second-order valence-electron chi connectivity index (χ2n) is 6.84. The fraction of sp³-hybridized carbons (Fsp3) is 0.389. The van der Waals surface area contributed by atoms with Gasteiger partial charge in [0.1, 0.15) is 0 Å². The Kier molecular flexibility index (Phi) is 3.84. The van der Waals surface area contributed by atoms with Gasteiger partial charge in [-0.15, -0.1) is 22.0 Å². The van der Waals surface area contributed by atoms with Gasteiger partial charge in [-0.1, -0.05) is 30.3 Å². The predicted molar refractivity (Wildman–Crippen MR) is 99.2 cm³/mol. The molecule has 0 bridgehead atoms. The number of anilines is 1. The molecule has 0 spiro atoms. The number of aliphatic hydroxyl groups is 2. The monoisotopic (exact) mass is 369 g/mol. The van der Waals surface area contributed by atoms with Crippen molar-refractivity contribution < 1.29 is 10.2 Å². The molecule has 5 atom stereocenters. The number of nitrogens with zero attached hydrogens (tertiary/aromatic N) is 4. The van der Waals surface area contributed by atoms with Crippen molar-refractivity contribution in [3.8, 4) is 0 Å². The zero-order valence-corrected chi connectivity index (χ0v) is 14.8. The molecule has 1 aromatic carbocycles. The molecule has 1 aliphatic heterocycles. The molecule has 1 saturated carbocycles. The van der Waals surface area contributed by atoms with Gasteiger partial charge >= 0.3 is 0 Å². The first-order valence-electron chi connectivity index (χ1n) is 8.71. The van der Waals surface area contributed by atoms with E-state index in [-0.39, 0.29) is 5.25 Å². The van der Waals surface area contributed by atoms with E-state index in [1.807, 2.05) is 10.5 Å². The van der Waals surface area contributed by atoms with E-state index >= 15 is 0 Å². The van der Waals surface area contributed by atoms with Gasteiger partial charge in [-0.3, -0.25) is 4.40 Å². The minimum atomic E-state index is -0.831. The second-order valence-corrected chi connectivity index (χ2v) is 8.02. The maximum Gasteiger partial charge on any atom is 0.203 e. The highest BCUT2D eigenvalue weighted by Gasteiger charge is 2.40. The quantitative estimate of drug-likeness (QED) is 0.643. The van der Waals surface area contributed by atoms with Crippen LogP contribution in [0.25, 0.3) is 5.65 Å². The van der Waals surface area contributed by atoms with Crippen LogP contribution in [0.15, 0.2) is 42.7 Å². The van der Waals surface area contributed by atoms with Crippen LogP contribution in [0.2, 0.25) is 0 Å². The number of benzene rings is 1. The van der Waals surface area contributed by atoms with E-state index in [1.54, 1.807) is 12.4 Å². The van der Waals surface area contributed by atoms with Gasteiger partial charge in [0.25, 0.3) is 0 Å². The largest absolute Gasteiger partial charge is 0.390 e. The summed E-state index contributed by atoms with van der Waals surface area (Å²) in [6.45, 7) is 0. The van der Waals surface area contributed by atoms with E-state index in [2.05, 4.69) is 44.8 Å². The number of aromatic nitrogens is 4. The molecule has 0 amide bonds. The van der Waals surface area contributed by atoms with Gasteiger partial charge in [0.05, 0.1) is 17.5 Å². The van der Waals surface area contributed by atoms with Gasteiger partial charge < -0.3 is 15.5 Å². The maximum atomic E-state index is 10.2. The van der Waals surface area contributed by atoms with Crippen molar-refractivity contribution in [1.82, 2.24) is 19.6 Å². The molecule has 3 heterocycles. The van der Waals surface area contributed by atoms with E-state index in [0.717, 1.165) is 6.42 Å². The summed E-state index contributed by atoms with van der Waals surface area (Å²) in [5.41, 5.74) is 1.98. The van der Waals surface area contributed by atoms with Crippen molar-refractivity contribution in [2.45, 2.75) is 35.8 Å². The molecular formula is C18H19N5O2S. The molecule has 0 radical (unpaired) electrons. The van der Waals surface area contributed by atoms with E-state index < -0.39 is 12.2 Å². The SMILES string of the molecule is O[C@@H]1[C@H](O)CS[C@H]1c1nnc2c(N[C@@H]3C[C@H]3c3ccccc3)nccn12. The van der Waals surface area contributed by atoms with Crippen LogP contribution in [-0.2, 0) is 0 Å². The Morgan fingerprint density at radius 2 is 2.00 bits per heavy atom. The highest BCUT2D eigenvalue weighted by atomic mass is 32.2. The van der Waals surface area contributed by atoms with Crippen molar-refractivity contribution in [3.05, 3.63) is 54.1 Å². The lowest BCUT2D eigenvalue weighted by Gasteiger charge is -2.13. The molecule has 2 aromatic heterocycles. The minimum Gasteiger partial charge on any atom is -0.390 e. The van der Waals surface area contributed by atoms with Crippen LogP contribution in [-0.4, -0.2) is 53.8 Å². The molecule has 3 aromatic rings. The van der Waals surface area contributed by atoms with Gasteiger partial charge in [0, 0.05) is 30.1 Å². The highest BCUT2D eigenvalue weighted by Crippen LogP contribution is 2.43. The standard InChI is InChI=1S/C18H19N5O2S/c24-13-9-26-15(14(13)25)17-21-22-18-16(19-6-7-23(17)18)20-12-8-11(12)10-4-2-1-3-5-10/h1-7,11-15,24-25H,8-9H2,(H,19,20)/t11-,12+,13+,14+,15+/m0/s1. The Morgan fingerprint density at radius 3 is 2.77 bits per heavy atom. The summed E-state index contributed by atoms with van der Waals surface area (Å²) in [4.78, 5) is 4.44. The Balaban J connectivity index is 1.40. The van der Waals surface area contributed by atoms with E-state index in [0.29, 0.717) is 35.0 Å². The van der Waals surface area contributed by atoms with Crippen molar-refractivity contribution in [1.29, 1.82) is 0 Å². The Hall–Kier alpha value is -2.16. The summed E-state index contributed by atoms with van der Waals surface area (Å²) in [5.74, 6) is 2.34. The van der Waals surface area contributed by atoms with Crippen molar-refractivity contribution >= 4 is 23.2 Å². The molecule has 2 fully saturated rings. The number of rotatable bonds is 4. The topological polar surface area (TPSA) is 95.6 Å². The fourth-order valence-corrected chi connectivity index (χ4v) is 4.86. The van der Waals surface area contributed by atoms with Crippen molar-refractivity contribution in [2.75, 3.05) is 11.1 Å². The molecule has 2 aliphatic rings. The normalized spacial score (nSPS) is 30.6. The summed E-state index contributed by atoms with van der Waals surface area (Å²) in [7, 11) is 0. The second kappa shape index (κ2) is 6.22. The minimum absolute atomic E-state index is 0.284. The smallest absolute Gasteiger partial charge is 0.203 e. The third-order valence-corrected chi connectivity index (χ3v) is 6.48. The summed E-state index contributed by atoms with van der Waals surface area (Å²) < 4.78 is 1.86. The van der Waals surface area contributed by atoms with E-state index in [1.165, 1.54) is 17.3 Å². The number of hydrogen-bond donors (Lipinski definition) is 3. The third kappa shape index (κ3) is 2.65.